The van der Waals surface area contributed by atoms with E-state index in [4.69, 9.17) is 14.1 Å². The lowest BCUT2D eigenvalue weighted by Gasteiger charge is -2.27. The number of carbonyl (C=O) groups is 1. The summed E-state index contributed by atoms with van der Waals surface area (Å²) in [6.45, 7) is 4.09. The Morgan fingerprint density at radius 2 is 1.79 bits per heavy atom. The van der Waals surface area contributed by atoms with Gasteiger partial charge in [0.2, 0.25) is 5.95 Å². The second-order valence-corrected chi connectivity index (χ2v) is 8.45. The third-order valence-corrected chi connectivity index (χ3v) is 6.17. The Morgan fingerprint density at radius 1 is 1.00 bits per heavy atom. The van der Waals surface area contributed by atoms with Crippen LogP contribution in [0, 0.1) is 0 Å². The minimum absolute atomic E-state index is 0.0993. The van der Waals surface area contributed by atoms with Gasteiger partial charge in [-0.05, 0) is 18.4 Å². The van der Waals surface area contributed by atoms with Crippen LogP contribution in [-0.2, 0) is 4.74 Å². The number of likely N-dealkylation sites (tertiary alicyclic amines) is 1. The van der Waals surface area contributed by atoms with Gasteiger partial charge >= 0.3 is 0 Å². The standard InChI is InChI=1S/C24H25N7O3/c32-23(31-8-4-5-9-31)19-14-18-21(34-19)22(30-10-12-33-13-11-30)27-24(25-18)26-20-15-17(28-29-20)16-6-2-1-3-7-16/h1-3,6-7,14-15H,4-5,8-13H2,(H2,25,26,27,28,29). The first kappa shape index (κ1) is 20.7. The number of nitrogens with one attached hydrogen (secondary N) is 2. The lowest BCUT2D eigenvalue weighted by Crippen LogP contribution is -2.37. The van der Waals surface area contributed by atoms with E-state index in [1.807, 2.05) is 41.3 Å². The largest absolute Gasteiger partial charge is 0.445 e. The van der Waals surface area contributed by atoms with Gasteiger partial charge in [-0.25, -0.2) is 4.98 Å². The maximum absolute atomic E-state index is 12.9. The fraction of sp³-hybridized carbons (Fsp3) is 0.333. The molecule has 2 fully saturated rings. The predicted molar refractivity (Wildman–Crippen MR) is 127 cm³/mol. The van der Waals surface area contributed by atoms with Crippen LogP contribution < -0.4 is 10.2 Å². The van der Waals surface area contributed by atoms with E-state index in [2.05, 4.69) is 25.4 Å². The van der Waals surface area contributed by atoms with Crippen molar-refractivity contribution >= 4 is 34.6 Å². The minimum atomic E-state index is -0.0993. The van der Waals surface area contributed by atoms with Gasteiger partial charge in [-0.3, -0.25) is 9.89 Å². The second kappa shape index (κ2) is 8.79. The summed E-state index contributed by atoms with van der Waals surface area (Å²) in [6.07, 6.45) is 2.04. The van der Waals surface area contributed by atoms with E-state index in [1.165, 1.54) is 0 Å². The van der Waals surface area contributed by atoms with E-state index in [0.717, 1.165) is 37.2 Å². The third kappa shape index (κ3) is 3.96. The van der Waals surface area contributed by atoms with Gasteiger partial charge in [0.25, 0.3) is 5.91 Å². The summed E-state index contributed by atoms with van der Waals surface area (Å²) in [7, 11) is 0. The maximum Gasteiger partial charge on any atom is 0.289 e. The van der Waals surface area contributed by atoms with Crippen LogP contribution in [0.1, 0.15) is 23.4 Å². The normalized spacial score (nSPS) is 16.4. The fourth-order valence-corrected chi connectivity index (χ4v) is 4.41. The average molecular weight is 460 g/mol. The molecule has 0 saturated carbocycles. The van der Waals surface area contributed by atoms with Crippen molar-refractivity contribution in [2.45, 2.75) is 12.8 Å². The molecular weight excluding hydrogens is 434 g/mol. The Kier molecular flexibility index (Phi) is 5.34. The van der Waals surface area contributed by atoms with Crippen LogP contribution in [0.15, 0.2) is 46.9 Å². The molecule has 0 bridgehead atoms. The molecule has 174 valence electrons. The van der Waals surface area contributed by atoms with E-state index >= 15 is 0 Å². The molecule has 1 aromatic carbocycles. The molecule has 2 aliphatic heterocycles. The van der Waals surface area contributed by atoms with Crippen molar-refractivity contribution in [1.82, 2.24) is 25.1 Å². The Labute approximate surface area is 195 Å². The highest BCUT2D eigenvalue weighted by Crippen LogP contribution is 2.31. The number of ether oxygens (including phenoxy) is 1. The molecule has 34 heavy (non-hydrogen) atoms. The van der Waals surface area contributed by atoms with Crippen LogP contribution in [0.3, 0.4) is 0 Å². The van der Waals surface area contributed by atoms with Gasteiger partial charge in [0.1, 0.15) is 5.52 Å². The van der Waals surface area contributed by atoms with Crippen LogP contribution in [0.2, 0.25) is 0 Å². The van der Waals surface area contributed by atoms with Crippen molar-refractivity contribution in [3.63, 3.8) is 0 Å². The van der Waals surface area contributed by atoms with Crippen LogP contribution in [0.4, 0.5) is 17.6 Å². The number of morpholine rings is 1. The highest BCUT2D eigenvalue weighted by molar-refractivity contribution is 5.97. The van der Waals surface area contributed by atoms with E-state index in [9.17, 15) is 4.79 Å². The molecule has 2 N–H and O–H groups in total. The van der Waals surface area contributed by atoms with Crippen molar-refractivity contribution in [2.75, 3.05) is 49.6 Å². The number of rotatable bonds is 5. The van der Waals surface area contributed by atoms with E-state index in [0.29, 0.717) is 60.7 Å². The molecule has 10 nitrogen and oxygen atoms in total. The molecule has 0 aliphatic carbocycles. The molecule has 0 atom stereocenters. The van der Waals surface area contributed by atoms with Crippen molar-refractivity contribution in [3.8, 4) is 11.3 Å². The summed E-state index contributed by atoms with van der Waals surface area (Å²) >= 11 is 0. The van der Waals surface area contributed by atoms with Crippen molar-refractivity contribution in [2.24, 2.45) is 0 Å². The minimum Gasteiger partial charge on any atom is -0.445 e. The van der Waals surface area contributed by atoms with Crippen LogP contribution in [0.25, 0.3) is 22.4 Å². The van der Waals surface area contributed by atoms with E-state index < -0.39 is 0 Å². The monoisotopic (exact) mass is 459 g/mol. The number of aromatic amines is 1. The molecule has 0 spiro atoms. The van der Waals surface area contributed by atoms with Crippen molar-refractivity contribution < 1.29 is 13.9 Å². The first-order valence-corrected chi connectivity index (χ1v) is 11.6. The third-order valence-electron chi connectivity index (χ3n) is 6.17. The molecule has 1 amide bonds. The van der Waals surface area contributed by atoms with Gasteiger partial charge in [0, 0.05) is 38.3 Å². The summed E-state index contributed by atoms with van der Waals surface area (Å²) in [5.41, 5.74) is 3.02. The number of furan rings is 1. The number of hydrogen-bond donors (Lipinski definition) is 2. The smallest absolute Gasteiger partial charge is 0.289 e. The van der Waals surface area contributed by atoms with Crippen LogP contribution in [0.5, 0.6) is 0 Å². The zero-order valence-electron chi connectivity index (χ0n) is 18.7. The van der Waals surface area contributed by atoms with Gasteiger partial charge in [-0.2, -0.15) is 10.1 Å². The number of fused-ring (bicyclic) bond motifs is 1. The van der Waals surface area contributed by atoms with Gasteiger partial charge in [0.15, 0.2) is 23.0 Å². The first-order chi connectivity index (χ1) is 16.7. The molecule has 3 aromatic heterocycles. The Hall–Kier alpha value is -3.92. The van der Waals surface area contributed by atoms with Gasteiger partial charge in [0.05, 0.1) is 18.9 Å². The maximum atomic E-state index is 12.9. The summed E-state index contributed by atoms with van der Waals surface area (Å²) < 4.78 is 11.6. The lowest BCUT2D eigenvalue weighted by atomic mass is 10.2. The zero-order valence-corrected chi connectivity index (χ0v) is 18.7. The molecule has 2 aliphatic rings. The number of amides is 1. The Balaban J connectivity index is 1.35. The molecule has 0 radical (unpaired) electrons. The number of H-pyrrole nitrogens is 1. The summed E-state index contributed by atoms with van der Waals surface area (Å²) in [6, 6.07) is 13.6. The Bertz CT molecular complexity index is 1300. The van der Waals surface area contributed by atoms with Crippen molar-refractivity contribution in [1.29, 1.82) is 0 Å². The molecule has 4 aromatic rings. The molecule has 6 rings (SSSR count). The number of carbonyl (C=O) groups excluding carboxylic acids is 1. The average Bonchev–Trinajstić information content (AvgIpc) is 3.65. The fourth-order valence-electron chi connectivity index (χ4n) is 4.41. The topological polar surface area (TPSA) is 112 Å². The summed E-state index contributed by atoms with van der Waals surface area (Å²) in [4.78, 5) is 26.3. The highest BCUT2D eigenvalue weighted by Gasteiger charge is 2.26. The number of aromatic nitrogens is 4. The van der Waals surface area contributed by atoms with Gasteiger partial charge < -0.3 is 24.3 Å². The quantitative estimate of drug-likeness (QED) is 0.467. The lowest BCUT2D eigenvalue weighted by molar-refractivity contribution is 0.0763. The van der Waals surface area contributed by atoms with E-state index in [1.54, 1.807) is 6.07 Å². The zero-order chi connectivity index (χ0) is 22.9. The number of nitrogens with zero attached hydrogens (tertiary/aromatic N) is 5. The first-order valence-electron chi connectivity index (χ1n) is 11.6. The molecule has 10 heteroatoms. The van der Waals surface area contributed by atoms with E-state index in [-0.39, 0.29) is 5.91 Å². The number of benzene rings is 1. The number of anilines is 3. The molecular formula is C24H25N7O3. The summed E-state index contributed by atoms with van der Waals surface area (Å²) in [5.74, 6) is 1.83. The molecule has 2 saturated heterocycles. The second-order valence-electron chi connectivity index (χ2n) is 8.45. The SMILES string of the molecule is O=C(c1cc2nc(Nc3cc(-c4ccccc4)[nH]n3)nc(N3CCOCC3)c2o1)N1CCCC1. The summed E-state index contributed by atoms with van der Waals surface area (Å²) in [5, 5.41) is 10.6. The number of hydrogen-bond acceptors (Lipinski definition) is 8. The highest BCUT2D eigenvalue weighted by atomic mass is 16.5. The van der Waals surface area contributed by atoms with Gasteiger partial charge in [-0.15, -0.1) is 0 Å². The molecule has 0 unspecified atom stereocenters. The molecule has 5 heterocycles. The van der Waals surface area contributed by atoms with Crippen LogP contribution in [-0.4, -0.2) is 70.4 Å². The Morgan fingerprint density at radius 3 is 2.59 bits per heavy atom. The predicted octanol–water partition coefficient (Wildman–Crippen LogP) is 3.43. The van der Waals surface area contributed by atoms with Gasteiger partial charge in [-0.1, -0.05) is 30.3 Å². The van der Waals surface area contributed by atoms with Crippen LogP contribution >= 0.6 is 0 Å². The van der Waals surface area contributed by atoms with Crippen molar-refractivity contribution in [3.05, 3.63) is 48.2 Å².